The molecule has 6 heteroatoms. The van der Waals surface area contributed by atoms with Gasteiger partial charge in [-0.2, -0.15) is 8.78 Å². The van der Waals surface area contributed by atoms with E-state index in [1.165, 1.54) is 6.20 Å². The van der Waals surface area contributed by atoms with E-state index in [9.17, 15) is 8.78 Å². The van der Waals surface area contributed by atoms with Crippen molar-refractivity contribution in [2.24, 2.45) is 0 Å². The van der Waals surface area contributed by atoms with E-state index in [-0.39, 0.29) is 4.20 Å². The van der Waals surface area contributed by atoms with Gasteiger partial charge in [0, 0.05) is 0 Å². The van der Waals surface area contributed by atoms with Crippen molar-refractivity contribution in [3.05, 3.63) is 12.4 Å². The Hall–Kier alpha value is -0.330. The smallest absolute Gasteiger partial charge is 0.319 e. The number of thiocarbonyl (C=S) groups is 1. The van der Waals surface area contributed by atoms with Crippen molar-refractivity contribution in [1.82, 2.24) is 4.90 Å². The first-order valence-corrected chi connectivity index (χ1v) is 4.14. The molecule has 0 radical (unpaired) electrons. The zero-order valence-corrected chi connectivity index (χ0v) is 7.96. The van der Waals surface area contributed by atoms with Crippen LogP contribution in [-0.4, -0.2) is 28.9 Å². The normalized spacial score (nSPS) is 28.5. The summed E-state index contributed by atoms with van der Waals surface area (Å²) in [6, 6.07) is 0. The minimum Gasteiger partial charge on any atom is -0.425 e. The summed E-state index contributed by atoms with van der Waals surface area (Å²) >= 11 is 9.42. The number of halogens is 2. The minimum absolute atomic E-state index is 0.165. The molecule has 0 fully saturated rings. The molecule has 1 rings (SSSR count). The maximum atomic E-state index is 12.3. The first-order valence-electron chi connectivity index (χ1n) is 3.32. The topological polar surface area (TPSA) is 7.68 Å². The van der Waals surface area contributed by atoms with Gasteiger partial charge >= 0.3 is 6.55 Å². The predicted octanol–water partition coefficient (Wildman–Crippen LogP) is -0.289. The largest absolute Gasteiger partial charge is 0.425 e. The van der Waals surface area contributed by atoms with Gasteiger partial charge in [0.15, 0.2) is 6.17 Å². The van der Waals surface area contributed by atoms with Crippen molar-refractivity contribution < 1.29 is 13.7 Å². The molecule has 2 atom stereocenters. The zero-order valence-electron chi connectivity index (χ0n) is 6.33. The van der Waals surface area contributed by atoms with Crippen molar-refractivity contribution in [3.8, 4) is 0 Å². The Bertz CT molecular complexity index is 220. The van der Waals surface area contributed by atoms with Gasteiger partial charge in [0.2, 0.25) is 0 Å². The summed E-state index contributed by atoms with van der Waals surface area (Å²) < 4.78 is 24.7. The lowest BCUT2D eigenvalue weighted by Gasteiger charge is -2.28. The van der Waals surface area contributed by atoms with Gasteiger partial charge in [-0.3, -0.25) is 9.80 Å². The molecule has 1 N–H and O–H groups in total. The Morgan fingerprint density at radius 2 is 2.33 bits per heavy atom. The standard InChI is InChI=1S/C6H8F2N2S2/c1-9-2-3-10(6(7)8)4(9)5(11)12/h2-4,6H,1H3,(H,11,12). The fourth-order valence-corrected chi connectivity index (χ4v) is 1.72. The quantitative estimate of drug-likeness (QED) is 0.381. The number of nitrogens with one attached hydrogen (secondary N) is 1. The Morgan fingerprint density at radius 1 is 1.75 bits per heavy atom. The molecule has 0 saturated heterocycles. The van der Waals surface area contributed by atoms with Crippen LogP contribution < -0.4 is 4.90 Å². The molecule has 0 aromatic heterocycles. The number of nitrogens with zero attached hydrogens (tertiary/aromatic N) is 1. The Kier molecular flexibility index (Phi) is 2.92. The molecule has 0 bridgehead atoms. The molecule has 0 saturated carbocycles. The summed E-state index contributed by atoms with van der Waals surface area (Å²) in [5, 5.41) is 0. The highest BCUT2D eigenvalue weighted by atomic mass is 32.1. The molecule has 68 valence electrons. The van der Waals surface area contributed by atoms with Crippen molar-refractivity contribution in [2.75, 3.05) is 7.05 Å². The number of rotatable bonds is 2. The zero-order chi connectivity index (χ0) is 9.30. The lowest BCUT2D eigenvalue weighted by atomic mass is 10.5. The molecular weight excluding hydrogens is 202 g/mol. The van der Waals surface area contributed by atoms with Gasteiger partial charge in [0.05, 0.1) is 13.2 Å². The summed E-state index contributed by atoms with van der Waals surface area (Å²) in [7, 11) is 1.74. The molecule has 0 aliphatic carbocycles. The van der Waals surface area contributed by atoms with Crippen molar-refractivity contribution >= 4 is 29.0 Å². The van der Waals surface area contributed by atoms with Crippen LogP contribution in [0.2, 0.25) is 0 Å². The summed E-state index contributed by atoms with van der Waals surface area (Å²) in [5.41, 5.74) is 0. The predicted molar refractivity (Wildman–Crippen MR) is 47.6 cm³/mol. The van der Waals surface area contributed by atoms with Crippen LogP contribution in [0.15, 0.2) is 12.4 Å². The SMILES string of the molecule is C[NH+]1C=CN(C(F)F)C1C(=S)[S-]. The van der Waals surface area contributed by atoms with Gasteiger partial charge in [-0.25, -0.2) is 0 Å². The number of alkyl halides is 2. The maximum Gasteiger partial charge on any atom is 0.319 e. The molecule has 0 aromatic carbocycles. The molecule has 1 heterocycles. The number of hydrogen-bond acceptors (Lipinski definition) is 3. The van der Waals surface area contributed by atoms with Gasteiger partial charge in [-0.05, 0) is 0 Å². The third kappa shape index (κ3) is 1.70. The van der Waals surface area contributed by atoms with Gasteiger partial charge in [0.25, 0.3) is 0 Å². The third-order valence-electron chi connectivity index (χ3n) is 1.69. The monoisotopic (exact) mass is 210 g/mol. The molecule has 0 aromatic rings. The fourth-order valence-electron chi connectivity index (χ4n) is 1.10. The molecule has 2 unspecified atom stereocenters. The van der Waals surface area contributed by atoms with Crippen molar-refractivity contribution in [3.63, 3.8) is 0 Å². The summed E-state index contributed by atoms with van der Waals surface area (Å²) in [6.07, 6.45) is 2.36. The van der Waals surface area contributed by atoms with E-state index >= 15 is 0 Å². The van der Waals surface area contributed by atoms with Gasteiger partial charge in [-0.15, -0.1) is 0 Å². The van der Waals surface area contributed by atoms with E-state index in [2.05, 4.69) is 0 Å². The van der Waals surface area contributed by atoms with Crippen LogP contribution in [0.3, 0.4) is 0 Å². The van der Waals surface area contributed by atoms with E-state index in [0.717, 1.165) is 9.80 Å². The van der Waals surface area contributed by atoms with Crippen LogP contribution in [0.5, 0.6) is 0 Å². The van der Waals surface area contributed by atoms with Crippen LogP contribution >= 0.6 is 12.2 Å². The van der Waals surface area contributed by atoms with E-state index < -0.39 is 12.7 Å². The maximum absolute atomic E-state index is 12.3. The van der Waals surface area contributed by atoms with Crippen molar-refractivity contribution in [2.45, 2.75) is 12.7 Å². The third-order valence-corrected chi connectivity index (χ3v) is 2.13. The highest BCUT2D eigenvalue weighted by molar-refractivity contribution is 8.00. The second-order valence-corrected chi connectivity index (χ2v) is 3.64. The van der Waals surface area contributed by atoms with Crippen LogP contribution in [0.25, 0.3) is 0 Å². The molecule has 0 amide bonds. The van der Waals surface area contributed by atoms with E-state index in [1.54, 1.807) is 13.2 Å². The number of quaternary nitrogens is 1. The Labute approximate surface area is 80.2 Å². The van der Waals surface area contributed by atoms with E-state index in [0.29, 0.717) is 0 Å². The highest BCUT2D eigenvalue weighted by Gasteiger charge is 2.32. The lowest BCUT2D eigenvalue weighted by Crippen LogP contribution is -3.09. The second kappa shape index (κ2) is 3.59. The molecular formula is C6H8F2N2S2. The van der Waals surface area contributed by atoms with Crippen LogP contribution in [0.4, 0.5) is 8.78 Å². The Morgan fingerprint density at radius 3 is 2.67 bits per heavy atom. The van der Waals surface area contributed by atoms with E-state index in [1.807, 2.05) is 0 Å². The molecule has 0 spiro atoms. The minimum atomic E-state index is -2.54. The lowest BCUT2D eigenvalue weighted by molar-refractivity contribution is -0.844. The van der Waals surface area contributed by atoms with Crippen LogP contribution in [0, 0.1) is 0 Å². The highest BCUT2D eigenvalue weighted by Crippen LogP contribution is 2.09. The molecule has 1 aliphatic heterocycles. The van der Waals surface area contributed by atoms with Crippen LogP contribution in [0.1, 0.15) is 0 Å². The first-order chi connectivity index (χ1) is 5.54. The number of hydrogen-bond donors (Lipinski definition) is 1. The van der Waals surface area contributed by atoms with Crippen molar-refractivity contribution in [1.29, 1.82) is 0 Å². The first kappa shape index (κ1) is 9.76. The summed E-state index contributed by atoms with van der Waals surface area (Å²) in [4.78, 5) is 1.64. The van der Waals surface area contributed by atoms with Crippen LogP contribution in [-0.2, 0) is 12.6 Å². The van der Waals surface area contributed by atoms with Gasteiger partial charge in [-0.1, -0.05) is 4.20 Å². The second-order valence-electron chi connectivity index (χ2n) is 2.51. The Balaban J connectivity index is 2.76. The average Bonchev–Trinajstić information content (AvgIpc) is 2.30. The molecule has 2 nitrogen and oxygen atoms in total. The molecule has 1 aliphatic rings. The van der Waals surface area contributed by atoms with Gasteiger partial charge < -0.3 is 24.8 Å². The average molecular weight is 210 g/mol. The summed E-state index contributed by atoms with van der Waals surface area (Å²) in [6.45, 7) is -2.54. The molecule has 12 heavy (non-hydrogen) atoms. The van der Waals surface area contributed by atoms with E-state index in [4.69, 9.17) is 24.8 Å². The van der Waals surface area contributed by atoms with Gasteiger partial charge in [0.1, 0.15) is 6.20 Å². The summed E-state index contributed by atoms with van der Waals surface area (Å²) in [5.74, 6) is 0. The fraction of sp³-hybridized carbons (Fsp3) is 0.500.